The summed E-state index contributed by atoms with van der Waals surface area (Å²) >= 11 is 9.61. The van der Waals surface area contributed by atoms with Crippen LogP contribution in [-0.4, -0.2) is 26.2 Å². The van der Waals surface area contributed by atoms with Gasteiger partial charge in [0.05, 0.1) is 6.61 Å². The Labute approximate surface area is 181 Å². The van der Waals surface area contributed by atoms with Gasteiger partial charge in [-0.05, 0) is 52.8 Å². The van der Waals surface area contributed by atoms with Crippen molar-refractivity contribution in [1.29, 1.82) is 0 Å². The van der Waals surface area contributed by atoms with Gasteiger partial charge in [-0.2, -0.15) is 0 Å². The van der Waals surface area contributed by atoms with Gasteiger partial charge in [-0.25, -0.2) is 0 Å². The molecular formula is C23H28BrClN2O. The van der Waals surface area contributed by atoms with E-state index in [4.69, 9.17) is 16.3 Å². The van der Waals surface area contributed by atoms with Crippen LogP contribution in [0.1, 0.15) is 30.5 Å². The maximum absolute atomic E-state index is 6.04. The molecule has 1 aliphatic rings. The summed E-state index contributed by atoms with van der Waals surface area (Å²) in [6.07, 6.45) is 4.22. The molecule has 0 bridgehead atoms. The summed E-state index contributed by atoms with van der Waals surface area (Å²) in [5.41, 5.74) is 3.46. The van der Waals surface area contributed by atoms with E-state index in [-0.39, 0.29) is 0 Å². The molecular weight excluding hydrogens is 436 g/mol. The fourth-order valence-electron chi connectivity index (χ4n) is 2.97. The fraction of sp³-hybridized carbons (Fsp3) is 0.391. The van der Waals surface area contributed by atoms with Gasteiger partial charge in [0.15, 0.2) is 0 Å². The van der Waals surface area contributed by atoms with E-state index in [1.165, 1.54) is 5.56 Å². The van der Waals surface area contributed by atoms with Gasteiger partial charge >= 0.3 is 0 Å². The molecule has 150 valence electrons. The predicted octanol–water partition coefficient (Wildman–Crippen LogP) is 5.62. The zero-order valence-electron chi connectivity index (χ0n) is 16.5. The highest BCUT2D eigenvalue weighted by Gasteiger charge is 2.15. The molecule has 2 aromatic rings. The summed E-state index contributed by atoms with van der Waals surface area (Å²) in [5, 5.41) is 7.61. The standard InChI is InChI=1S/C23H28BrClN2O/c1-16(2)15-28-22-8-17(3-4-20-5-6-21(25)10-23(20)24)7-18(9-22)11-26-12-19-13-27-14-19/h3-10,16,19,26-27H,11-15H2,1-2H3/b4-3+. The van der Waals surface area contributed by atoms with Gasteiger partial charge < -0.3 is 15.4 Å². The van der Waals surface area contributed by atoms with Crippen molar-refractivity contribution in [2.24, 2.45) is 11.8 Å². The number of hydrogen-bond acceptors (Lipinski definition) is 3. The average Bonchev–Trinajstić information content (AvgIpc) is 2.61. The Bertz CT molecular complexity index is 818. The van der Waals surface area contributed by atoms with Gasteiger partial charge in [0.1, 0.15) is 5.75 Å². The average molecular weight is 464 g/mol. The first-order valence-electron chi connectivity index (χ1n) is 9.81. The van der Waals surface area contributed by atoms with Crippen LogP contribution in [0.15, 0.2) is 40.9 Å². The second kappa shape index (κ2) is 10.4. The van der Waals surface area contributed by atoms with E-state index in [9.17, 15) is 0 Å². The second-order valence-corrected chi connectivity index (χ2v) is 9.06. The lowest BCUT2D eigenvalue weighted by molar-refractivity contribution is 0.270. The molecule has 1 aliphatic heterocycles. The molecule has 0 aromatic heterocycles. The van der Waals surface area contributed by atoms with Crippen molar-refractivity contribution >= 4 is 39.7 Å². The van der Waals surface area contributed by atoms with Crippen molar-refractivity contribution in [3.05, 3.63) is 62.6 Å². The highest BCUT2D eigenvalue weighted by molar-refractivity contribution is 9.10. The molecule has 0 atom stereocenters. The number of rotatable bonds is 9. The largest absolute Gasteiger partial charge is 0.493 e. The quantitative estimate of drug-likeness (QED) is 0.474. The third-order valence-corrected chi connectivity index (χ3v) is 5.54. The topological polar surface area (TPSA) is 33.3 Å². The van der Waals surface area contributed by atoms with Crippen LogP contribution in [0.25, 0.3) is 12.2 Å². The molecule has 28 heavy (non-hydrogen) atoms. The molecule has 3 nitrogen and oxygen atoms in total. The van der Waals surface area contributed by atoms with Gasteiger partial charge in [-0.3, -0.25) is 0 Å². The first-order valence-corrected chi connectivity index (χ1v) is 11.0. The maximum atomic E-state index is 6.04. The zero-order chi connectivity index (χ0) is 19.9. The molecule has 0 unspecified atom stereocenters. The van der Waals surface area contributed by atoms with E-state index < -0.39 is 0 Å². The van der Waals surface area contributed by atoms with E-state index in [1.807, 2.05) is 18.2 Å². The zero-order valence-corrected chi connectivity index (χ0v) is 18.8. The highest BCUT2D eigenvalue weighted by atomic mass is 79.9. The Kier molecular flexibility index (Phi) is 7.98. The van der Waals surface area contributed by atoms with Crippen molar-refractivity contribution in [1.82, 2.24) is 10.6 Å². The first-order chi connectivity index (χ1) is 13.5. The van der Waals surface area contributed by atoms with E-state index in [2.05, 4.69) is 70.8 Å². The van der Waals surface area contributed by atoms with Gasteiger partial charge in [-0.1, -0.05) is 65.7 Å². The van der Waals surface area contributed by atoms with E-state index in [0.29, 0.717) is 5.92 Å². The van der Waals surface area contributed by atoms with Crippen LogP contribution in [0, 0.1) is 11.8 Å². The van der Waals surface area contributed by atoms with E-state index in [1.54, 1.807) is 0 Å². The number of hydrogen-bond donors (Lipinski definition) is 2. The third-order valence-electron chi connectivity index (χ3n) is 4.62. The summed E-state index contributed by atoms with van der Waals surface area (Å²) in [4.78, 5) is 0. The van der Waals surface area contributed by atoms with E-state index >= 15 is 0 Å². The monoisotopic (exact) mass is 462 g/mol. The van der Waals surface area contributed by atoms with Crippen LogP contribution in [0.4, 0.5) is 0 Å². The lowest BCUT2D eigenvalue weighted by Crippen LogP contribution is -2.47. The molecule has 1 saturated heterocycles. The van der Waals surface area contributed by atoms with Crippen LogP contribution in [0.3, 0.4) is 0 Å². The van der Waals surface area contributed by atoms with Crippen molar-refractivity contribution in [3.63, 3.8) is 0 Å². The summed E-state index contributed by atoms with van der Waals surface area (Å²) in [6, 6.07) is 12.3. The molecule has 2 N–H and O–H groups in total. The maximum Gasteiger partial charge on any atom is 0.120 e. The smallest absolute Gasteiger partial charge is 0.120 e. The molecule has 0 saturated carbocycles. The van der Waals surface area contributed by atoms with Crippen LogP contribution in [0.5, 0.6) is 5.75 Å². The van der Waals surface area contributed by atoms with Gasteiger partial charge in [-0.15, -0.1) is 0 Å². The highest BCUT2D eigenvalue weighted by Crippen LogP contribution is 2.25. The van der Waals surface area contributed by atoms with Crippen molar-refractivity contribution < 1.29 is 4.74 Å². The third kappa shape index (κ3) is 6.63. The minimum absolute atomic E-state index is 0.497. The molecule has 1 heterocycles. The SMILES string of the molecule is CC(C)COc1cc(/C=C/c2ccc(Cl)cc2Br)cc(CNCC2CNC2)c1. The Balaban J connectivity index is 1.73. The minimum atomic E-state index is 0.497. The van der Waals surface area contributed by atoms with Gasteiger partial charge in [0.2, 0.25) is 0 Å². The normalized spacial score (nSPS) is 14.6. The van der Waals surface area contributed by atoms with Crippen molar-refractivity contribution in [2.75, 3.05) is 26.2 Å². The summed E-state index contributed by atoms with van der Waals surface area (Å²) in [7, 11) is 0. The van der Waals surface area contributed by atoms with Crippen molar-refractivity contribution in [2.45, 2.75) is 20.4 Å². The van der Waals surface area contributed by atoms with E-state index in [0.717, 1.165) is 65.1 Å². The summed E-state index contributed by atoms with van der Waals surface area (Å²) < 4.78 is 6.99. The molecule has 0 spiro atoms. The Morgan fingerprint density at radius 3 is 2.71 bits per heavy atom. The molecule has 3 rings (SSSR count). The lowest BCUT2D eigenvalue weighted by Gasteiger charge is -2.27. The van der Waals surface area contributed by atoms with Crippen LogP contribution in [0.2, 0.25) is 5.02 Å². The minimum Gasteiger partial charge on any atom is -0.493 e. The Morgan fingerprint density at radius 2 is 2.04 bits per heavy atom. The number of ether oxygens (including phenoxy) is 1. The summed E-state index contributed by atoms with van der Waals surface area (Å²) in [5.74, 6) is 2.17. The lowest BCUT2D eigenvalue weighted by atomic mass is 10.0. The van der Waals surface area contributed by atoms with Crippen LogP contribution >= 0.6 is 27.5 Å². The predicted molar refractivity (Wildman–Crippen MR) is 123 cm³/mol. The molecule has 0 radical (unpaired) electrons. The molecule has 5 heteroatoms. The Morgan fingerprint density at radius 1 is 1.21 bits per heavy atom. The first kappa shape index (κ1) is 21.4. The summed E-state index contributed by atoms with van der Waals surface area (Å²) in [6.45, 7) is 9.18. The fourth-order valence-corrected chi connectivity index (χ4v) is 3.78. The molecule has 0 amide bonds. The van der Waals surface area contributed by atoms with Crippen LogP contribution in [-0.2, 0) is 6.54 Å². The van der Waals surface area contributed by atoms with Crippen molar-refractivity contribution in [3.8, 4) is 5.75 Å². The molecule has 2 aromatic carbocycles. The number of benzene rings is 2. The molecule has 1 fully saturated rings. The molecule has 0 aliphatic carbocycles. The number of halogens is 2. The van der Waals surface area contributed by atoms with Gasteiger partial charge in [0, 0.05) is 35.7 Å². The number of nitrogens with one attached hydrogen (secondary N) is 2. The Hall–Kier alpha value is -1.33. The van der Waals surface area contributed by atoms with Gasteiger partial charge in [0.25, 0.3) is 0 Å². The second-order valence-electron chi connectivity index (χ2n) is 7.77. The van der Waals surface area contributed by atoms with Crippen LogP contribution < -0.4 is 15.4 Å².